The molecule has 1 aromatic carbocycles. The molecule has 144 valence electrons. The number of nitrogens with zero attached hydrogens (tertiary/aromatic N) is 3. The molecule has 1 aromatic heterocycles. The molecule has 3 heterocycles. The van der Waals surface area contributed by atoms with Crippen LogP contribution in [-0.4, -0.2) is 51.8 Å². The largest absolute Gasteiger partial charge is 0.375 e. The minimum atomic E-state index is -0.128. The second-order valence-corrected chi connectivity index (χ2v) is 7.78. The summed E-state index contributed by atoms with van der Waals surface area (Å²) in [6, 6.07) is 7.69. The summed E-state index contributed by atoms with van der Waals surface area (Å²) in [5.74, 6) is -0.0704. The molecular weight excluding hydrogens is 342 g/mol. The summed E-state index contributed by atoms with van der Waals surface area (Å²) < 4.78 is 7.47. The van der Waals surface area contributed by atoms with Gasteiger partial charge in [0.15, 0.2) is 0 Å². The summed E-state index contributed by atoms with van der Waals surface area (Å²) in [6.07, 6.45) is 5.72. The Balaban J connectivity index is 1.33. The molecule has 27 heavy (non-hydrogen) atoms. The summed E-state index contributed by atoms with van der Waals surface area (Å²) in [5.41, 5.74) is 1.64. The molecule has 6 heteroatoms. The highest BCUT2D eigenvalue weighted by molar-refractivity contribution is 5.93. The van der Waals surface area contributed by atoms with E-state index >= 15 is 0 Å². The Hall–Kier alpha value is -2.21. The Morgan fingerprint density at radius 1 is 1.07 bits per heavy atom. The van der Waals surface area contributed by atoms with Gasteiger partial charge in [0.2, 0.25) is 11.8 Å². The fourth-order valence-corrected chi connectivity index (χ4v) is 4.36. The molecule has 4 rings (SSSR count). The van der Waals surface area contributed by atoms with E-state index in [1.807, 2.05) is 36.1 Å². The van der Waals surface area contributed by atoms with E-state index in [0.717, 1.165) is 62.0 Å². The number of aromatic nitrogens is 2. The van der Waals surface area contributed by atoms with Gasteiger partial charge in [-0.3, -0.25) is 9.59 Å². The maximum atomic E-state index is 12.6. The molecule has 0 saturated carbocycles. The van der Waals surface area contributed by atoms with E-state index < -0.39 is 0 Å². The average Bonchev–Trinajstić information content (AvgIpc) is 3.04. The van der Waals surface area contributed by atoms with E-state index in [2.05, 4.69) is 5.10 Å². The monoisotopic (exact) mass is 369 g/mol. The molecule has 2 fully saturated rings. The van der Waals surface area contributed by atoms with Gasteiger partial charge in [-0.1, -0.05) is 18.2 Å². The highest BCUT2D eigenvalue weighted by atomic mass is 16.5. The fourth-order valence-electron chi connectivity index (χ4n) is 4.36. The highest BCUT2D eigenvalue weighted by Gasteiger charge is 2.37. The zero-order chi connectivity index (χ0) is 18.9. The van der Waals surface area contributed by atoms with Crippen molar-refractivity contribution in [1.82, 2.24) is 14.7 Å². The van der Waals surface area contributed by atoms with E-state index in [4.69, 9.17) is 4.74 Å². The van der Waals surface area contributed by atoms with Crippen LogP contribution in [0.15, 0.2) is 24.3 Å². The van der Waals surface area contributed by atoms with E-state index in [1.54, 1.807) is 0 Å². The van der Waals surface area contributed by atoms with Gasteiger partial charge in [-0.2, -0.15) is 9.78 Å². The first-order valence-corrected chi connectivity index (χ1v) is 9.97. The molecule has 0 atom stereocenters. The van der Waals surface area contributed by atoms with Crippen LogP contribution in [0, 0.1) is 6.92 Å². The van der Waals surface area contributed by atoms with Gasteiger partial charge < -0.3 is 9.64 Å². The third kappa shape index (κ3) is 3.63. The Morgan fingerprint density at radius 3 is 2.56 bits per heavy atom. The SMILES string of the molecule is Cc1nn(C(=O)CCC(=O)N2CCC3(CCCCO3)CC2)c2ccccc12. The average molecular weight is 369 g/mol. The number of benzene rings is 1. The second kappa shape index (κ2) is 7.43. The molecule has 2 aliphatic rings. The Labute approximate surface area is 159 Å². The van der Waals surface area contributed by atoms with Gasteiger partial charge >= 0.3 is 0 Å². The molecule has 0 N–H and O–H groups in total. The lowest BCUT2D eigenvalue weighted by Crippen LogP contribution is -2.49. The molecular formula is C21H27N3O3. The summed E-state index contributed by atoms with van der Waals surface area (Å²) in [4.78, 5) is 27.1. The normalized spacial score (nSPS) is 19.5. The number of piperidine rings is 1. The quantitative estimate of drug-likeness (QED) is 0.832. The van der Waals surface area contributed by atoms with Gasteiger partial charge in [-0.25, -0.2) is 0 Å². The predicted octanol–water partition coefficient (Wildman–Crippen LogP) is 3.33. The summed E-state index contributed by atoms with van der Waals surface area (Å²) in [5, 5.41) is 5.34. The summed E-state index contributed by atoms with van der Waals surface area (Å²) in [7, 11) is 0. The van der Waals surface area contributed by atoms with E-state index in [1.165, 1.54) is 11.1 Å². The maximum Gasteiger partial charge on any atom is 0.247 e. The van der Waals surface area contributed by atoms with E-state index in [-0.39, 0.29) is 30.3 Å². The van der Waals surface area contributed by atoms with Crippen LogP contribution in [0.25, 0.3) is 10.9 Å². The van der Waals surface area contributed by atoms with Crippen molar-refractivity contribution in [2.45, 2.75) is 57.5 Å². The van der Waals surface area contributed by atoms with Crippen molar-refractivity contribution in [2.24, 2.45) is 0 Å². The van der Waals surface area contributed by atoms with Crippen LogP contribution >= 0.6 is 0 Å². The standard InChI is InChI=1S/C21H27N3O3/c1-16-17-6-2-3-7-18(17)24(22-16)20(26)9-8-19(25)23-13-11-21(12-14-23)10-4-5-15-27-21/h2-3,6-7H,4-5,8-15H2,1H3. The molecule has 0 aliphatic carbocycles. The summed E-state index contributed by atoms with van der Waals surface area (Å²) >= 11 is 0. The molecule has 0 radical (unpaired) electrons. The zero-order valence-corrected chi connectivity index (χ0v) is 15.9. The van der Waals surface area contributed by atoms with Gasteiger partial charge in [-0.05, 0) is 45.1 Å². The van der Waals surface area contributed by atoms with Crippen molar-refractivity contribution < 1.29 is 14.3 Å². The van der Waals surface area contributed by atoms with Crippen LogP contribution in [0.3, 0.4) is 0 Å². The zero-order valence-electron chi connectivity index (χ0n) is 15.9. The number of para-hydroxylation sites is 1. The van der Waals surface area contributed by atoms with E-state index in [9.17, 15) is 9.59 Å². The van der Waals surface area contributed by atoms with Gasteiger partial charge in [0, 0.05) is 37.9 Å². The Kier molecular flexibility index (Phi) is 5.00. The fraction of sp³-hybridized carbons (Fsp3) is 0.571. The molecule has 2 aromatic rings. The number of hydrogen-bond acceptors (Lipinski definition) is 4. The van der Waals surface area contributed by atoms with Crippen LogP contribution < -0.4 is 0 Å². The highest BCUT2D eigenvalue weighted by Crippen LogP contribution is 2.35. The van der Waals surface area contributed by atoms with Crippen molar-refractivity contribution in [3.63, 3.8) is 0 Å². The third-order valence-electron chi connectivity index (χ3n) is 6.02. The van der Waals surface area contributed by atoms with Crippen molar-refractivity contribution in [3.05, 3.63) is 30.0 Å². The molecule has 2 saturated heterocycles. The van der Waals surface area contributed by atoms with E-state index in [0.29, 0.717) is 0 Å². The van der Waals surface area contributed by atoms with Crippen LogP contribution in [0.4, 0.5) is 0 Å². The number of hydrogen-bond donors (Lipinski definition) is 0. The number of aryl methyl sites for hydroxylation is 1. The first-order chi connectivity index (χ1) is 13.1. The van der Waals surface area contributed by atoms with Crippen LogP contribution in [0.5, 0.6) is 0 Å². The molecule has 0 bridgehead atoms. The van der Waals surface area contributed by atoms with Crippen LogP contribution in [0.1, 0.15) is 55.4 Å². The number of carbonyl (C=O) groups excluding carboxylic acids is 2. The second-order valence-electron chi connectivity index (χ2n) is 7.78. The van der Waals surface area contributed by atoms with Gasteiger partial charge in [0.1, 0.15) is 0 Å². The van der Waals surface area contributed by atoms with Crippen molar-refractivity contribution in [2.75, 3.05) is 19.7 Å². The number of ether oxygens (including phenoxy) is 1. The van der Waals surface area contributed by atoms with Crippen molar-refractivity contribution >= 4 is 22.7 Å². The molecule has 6 nitrogen and oxygen atoms in total. The third-order valence-corrected chi connectivity index (χ3v) is 6.02. The van der Waals surface area contributed by atoms with Crippen molar-refractivity contribution in [1.29, 1.82) is 0 Å². The lowest BCUT2D eigenvalue weighted by atomic mass is 9.84. The lowest BCUT2D eigenvalue weighted by Gasteiger charge is -2.44. The Bertz CT molecular complexity index is 841. The van der Waals surface area contributed by atoms with Crippen LogP contribution in [-0.2, 0) is 9.53 Å². The number of rotatable bonds is 3. The molecule has 2 aliphatic heterocycles. The number of likely N-dealkylation sites (tertiary alicyclic amines) is 1. The minimum Gasteiger partial charge on any atom is -0.375 e. The number of carbonyl (C=O) groups is 2. The van der Waals surface area contributed by atoms with Gasteiger partial charge in [0.05, 0.1) is 16.8 Å². The molecule has 1 amide bonds. The van der Waals surface area contributed by atoms with Gasteiger partial charge in [0.25, 0.3) is 0 Å². The topological polar surface area (TPSA) is 64.4 Å². The van der Waals surface area contributed by atoms with Crippen LogP contribution in [0.2, 0.25) is 0 Å². The number of amides is 1. The molecule has 0 unspecified atom stereocenters. The lowest BCUT2D eigenvalue weighted by molar-refractivity contribution is -0.142. The van der Waals surface area contributed by atoms with Gasteiger partial charge in [-0.15, -0.1) is 0 Å². The molecule has 1 spiro atoms. The van der Waals surface area contributed by atoms with Crippen molar-refractivity contribution in [3.8, 4) is 0 Å². The first-order valence-electron chi connectivity index (χ1n) is 9.97. The first kappa shape index (κ1) is 18.2. The number of fused-ring (bicyclic) bond motifs is 1. The minimum absolute atomic E-state index is 0.00362. The summed E-state index contributed by atoms with van der Waals surface area (Å²) in [6.45, 7) is 4.21. The Morgan fingerprint density at radius 2 is 1.81 bits per heavy atom. The maximum absolute atomic E-state index is 12.6. The predicted molar refractivity (Wildman–Crippen MR) is 103 cm³/mol. The smallest absolute Gasteiger partial charge is 0.247 e.